The second kappa shape index (κ2) is 5.14. The highest BCUT2D eigenvalue weighted by Crippen LogP contribution is 2.29. The molecule has 1 amide bonds. The maximum Gasteiger partial charge on any atom is 0.230 e. The van der Waals surface area contributed by atoms with Gasteiger partial charge in [-0.1, -0.05) is 11.3 Å². The van der Waals surface area contributed by atoms with E-state index in [0.717, 1.165) is 35.5 Å². The lowest BCUT2D eigenvalue weighted by Crippen LogP contribution is -2.24. The number of rotatable bonds is 3. The van der Waals surface area contributed by atoms with Gasteiger partial charge in [0, 0.05) is 6.54 Å². The van der Waals surface area contributed by atoms with E-state index in [1.54, 1.807) is 7.11 Å². The Bertz CT molecular complexity index is 605. The minimum atomic E-state index is 0.0519. The monoisotopic (exact) mass is 277 g/mol. The summed E-state index contributed by atoms with van der Waals surface area (Å²) in [5, 5.41) is 6.74. The molecular formula is C13H15N3O2S. The number of methoxy groups -OCH3 is 1. The van der Waals surface area contributed by atoms with E-state index in [1.165, 1.54) is 11.3 Å². The molecule has 1 aliphatic rings. The third kappa shape index (κ3) is 2.54. The van der Waals surface area contributed by atoms with Crippen molar-refractivity contribution in [2.24, 2.45) is 5.92 Å². The Hall–Kier alpha value is -1.66. The van der Waals surface area contributed by atoms with Crippen LogP contribution in [0.3, 0.4) is 0 Å². The van der Waals surface area contributed by atoms with E-state index in [4.69, 9.17) is 4.74 Å². The first-order valence-corrected chi connectivity index (χ1v) is 7.04. The maximum absolute atomic E-state index is 12.0. The van der Waals surface area contributed by atoms with Crippen molar-refractivity contribution in [2.45, 2.75) is 6.42 Å². The van der Waals surface area contributed by atoms with E-state index in [2.05, 4.69) is 15.6 Å². The standard InChI is InChI=1S/C13H15N3O2S/c1-18-9-2-3-10-11(6-9)19-13(15-10)16-12(17)8-4-5-14-7-8/h2-3,6,8,14H,4-5,7H2,1H3,(H,15,16,17). The number of thiazole rings is 1. The van der Waals surface area contributed by atoms with Crippen LogP contribution in [-0.2, 0) is 4.79 Å². The van der Waals surface area contributed by atoms with Crippen LogP contribution in [0.1, 0.15) is 6.42 Å². The Kier molecular flexibility index (Phi) is 3.35. The summed E-state index contributed by atoms with van der Waals surface area (Å²) in [6, 6.07) is 5.70. The normalized spacial score (nSPS) is 18.7. The SMILES string of the molecule is COc1ccc2nc(NC(=O)C3CCNC3)sc2c1. The van der Waals surface area contributed by atoms with E-state index in [-0.39, 0.29) is 11.8 Å². The van der Waals surface area contributed by atoms with Crippen LogP contribution in [0.5, 0.6) is 5.75 Å². The Morgan fingerprint density at radius 1 is 1.58 bits per heavy atom. The molecule has 0 spiro atoms. The van der Waals surface area contributed by atoms with Crippen molar-refractivity contribution in [1.29, 1.82) is 0 Å². The van der Waals surface area contributed by atoms with Crippen molar-refractivity contribution >= 4 is 32.6 Å². The lowest BCUT2D eigenvalue weighted by molar-refractivity contribution is -0.119. The van der Waals surface area contributed by atoms with Gasteiger partial charge in [-0.3, -0.25) is 4.79 Å². The predicted molar refractivity (Wildman–Crippen MR) is 75.8 cm³/mol. The van der Waals surface area contributed by atoms with Gasteiger partial charge >= 0.3 is 0 Å². The molecule has 1 unspecified atom stereocenters. The van der Waals surface area contributed by atoms with Crippen LogP contribution in [0.4, 0.5) is 5.13 Å². The van der Waals surface area contributed by atoms with E-state index in [0.29, 0.717) is 5.13 Å². The van der Waals surface area contributed by atoms with Gasteiger partial charge in [0.1, 0.15) is 5.75 Å². The number of amides is 1. The molecule has 19 heavy (non-hydrogen) atoms. The number of fused-ring (bicyclic) bond motifs is 1. The number of nitrogens with zero attached hydrogens (tertiary/aromatic N) is 1. The molecule has 100 valence electrons. The summed E-state index contributed by atoms with van der Waals surface area (Å²) in [7, 11) is 1.64. The van der Waals surface area contributed by atoms with Crippen molar-refractivity contribution in [3.63, 3.8) is 0 Å². The molecule has 6 heteroatoms. The average Bonchev–Trinajstić information content (AvgIpc) is 3.06. The van der Waals surface area contributed by atoms with Crippen LogP contribution in [-0.4, -0.2) is 31.1 Å². The topological polar surface area (TPSA) is 63.2 Å². The molecule has 1 atom stereocenters. The van der Waals surface area contributed by atoms with Crippen molar-refractivity contribution < 1.29 is 9.53 Å². The molecule has 0 saturated carbocycles. The molecule has 2 aromatic rings. The molecule has 1 aromatic carbocycles. The van der Waals surface area contributed by atoms with Gasteiger partial charge in [0.05, 0.1) is 23.2 Å². The van der Waals surface area contributed by atoms with Crippen LogP contribution in [0.15, 0.2) is 18.2 Å². The van der Waals surface area contributed by atoms with Gasteiger partial charge in [-0.05, 0) is 31.2 Å². The van der Waals surface area contributed by atoms with E-state index in [1.807, 2.05) is 18.2 Å². The zero-order valence-electron chi connectivity index (χ0n) is 10.6. The van der Waals surface area contributed by atoms with Gasteiger partial charge < -0.3 is 15.4 Å². The van der Waals surface area contributed by atoms with Crippen LogP contribution < -0.4 is 15.4 Å². The van der Waals surface area contributed by atoms with Crippen LogP contribution >= 0.6 is 11.3 Å². The average molecular weight is 277 g/mol. The Morgan fingerprint density at radius 3 is 3.21 bits per heavy atom. The fraction of sp³-hybridized carbons (Fsp3) is 0.385. The minimum Gasteiger partial charge on any atom is -0.497 e. The summed E-state index contributed by atoms with van der Waals surface area (Å²) in [5.74, 6) is 0.909. The number of hydrogen-bond acceptors (Lipinski definition) is 5. The maximum atomic E-state index is 12.0. The van der Waals surface area contributed by atoms with Crippen molar-refractivity contribution in [1.82, 2.24) is 10.3 Å². The Morgan fingerprint density at radius 2 is 2.47 bits per heavy atom. The molecule has 1 aromatic heterocycles. The predicted octanol–water partition coefficient (Wildman–Crippen LogP) is 1.85. The fourth-order valence-corrected chi connectivity index (χ4v) is 3.07. The first kappa shape index (κ1) is 12.4. The quantitative estimate of drug-likeness (QED) is 0.899. The van der Waals surface area contributed by atoms with E-state index >= 15 is 0 Å². The first-order valence-electron chi connectivity index (χ1n) is 6.22. The van der Waals surface area contributed by atoms with Gasteiger partial charge in [0.15, 0.2) is 5.13 Å². The fourth-order valence-electron chi connectivity index (χ4n) is 2.17. The number of ether oxygens (including phenoxy) is 1. The zero-order chi connectivity index (χ0) is 13.2. The minimum absolute atomic E-state index is 0.0519. The lowest BCUT2D eigenvalue weighted by atomic mass is 10.1. The Balaban J connectivity index is 1.79. The number of aromatic nitrogens is 1. The molecule has 1 aliphatic heterocycles. The number of anilines is 1. The van der Waals surface area contributed by atoms with Crippen LogP contribution in [0.2, 0.25) is 0 Å². The smallest absolute Gasteiger partial charge is 0.230 e. The molecule has 2 heterocycles. The molecule has 1 fully saturated rings. The molecule has 1 saturated heterocycles. The number of nitrogens with one attached hydrogen (secondary N) is 2. The molecule has 0 radical (unpaired) electrons. The summed E-state index contributed by atoms with van der Waals surface area (Å²) < 4.78 is 6.19. The second-order valence-corrected chi connectivity index (χ2v) is 5.56. The number of benzene rings is 1. The van der Waals surface area contributed by atoms with E-state index < -0.39 is 0 Å². The summed E-state index contributed by atoms with van der Waals surface area (Å²) in [5.41, 5.74) is 0.880. The summed E-state index contributed by atoms with van der Waals surface area (Å²) in [6.45, 7) is 1.67. The molecular weight excluding hydrogens is 262 g/mol. The Labute approximate surface area is 115 Å². The molecule has 0 aliphatic carbocycles. The van der Waals surface area contributed by atoms with Gasteiger partial charge in [-0.2, -0.15) is 0 Å². The largest absolute Gasteiger partial charge is 0.497 e. The lowest BCUT2D eigenvalue weighted by Gasteiger charge is -2.06. The molecule has 3 rings (SSSR count). The third-order valence-corrected chi connectivity index (χ3v) is 4.19. The highest BCUT2D eigenvalue weighted by Gasteiger charge is 2.23. The van der Waals surface area contributed by atoms with E-state index in [9.17, 15) is 4.79 Å². The van der Waals surface area contributed by atoms with Crippen LogP contribution in [0, 0.1) is 5.92 Å². The third-order valence-electron chi connectivity index (χ3n) is 3.26. The van der Waals surface area contributed by atoms with Gasteiger partial charge in [-0.25, -0.2) is 4.98 Å². The second-order valence-electron chi connectivity index (χ2n) is 4.53. The van der Waals surface area contributed by atoms with Gasteiger partial charge in [0.2, 0.25) is 5.91 Å². The van der Waals surface area contributed by atoms with Crippen molar-refractivity contribution in [3.8, 4) is 5.75 Å². The molecule has 5 nitrogen and oxygen atoms in total. The number of carbonyl (C=O) groups is 1. The van der Waals surface area contributed by atoms with Gasteiger partial charge in [0.25, 0.3) is 0 Å². The van der Waals surface area contributed by atoms with Gasteiger partial charge in [-0.15, -0.1) is 0 Å². The molecule has 2 N–H and O–H groups in total. The summed E-state index contributed by atoms with van der Waals surface area (Å²) >= 11 is 1.47. The zero-order valence-corrected chi connectivity index (χ0v) is 11.4. The first-order chi connectivity index (χ1) is 9.26. The number of carbonyl (C=O) groups excluding carboxylic acids is 1. The highest BCUT2D eigenvalue weighted by atomic mass is 32.1. The van der Waals surface area contributed by atoms with Crippen LogP contribution in [0.25, 0.3) is 10.2 Å². The van der Waals surface area contributed by atoms with Crippen molar-refractivity contribution in [3.05, 3.63) is 18.2 Å². The summed E-state index contributed by atoms with van der Waals surface area (Å²) in [6.07, 6.45) is 0.893. The van der Waals surface area contributed by atoms with Crippen molar-refractivity contribution in [2.75, 3.05) is 25.5 Å². The molecule has 0 bridgehead atoms. The highest BCUT2D eigenvalue weighted by molar-refractivity contribution is 7.22. The number of hydrogen-bond donors (Lipinski definition) is 2. The summed E-state index contributed by atoms with van der Waals surface area (Å²) in [4.78, 5) is 16.4.